The van der Waals surface area contributed by atoms with Gasteiger partial charge in [0.25, 0.3) is 0 Å². The van der Waals surface area contributed by atoms with Crippen LogP contribution in [0.1, 0.15) is 0 Å². The van der Waals surface area contributed by atoms with Gasteiger partial charge in [-0.2, -0.15) is 10.2 Å². The Hall–Kier alpha value is -2.56. The van der Waals surface area contributed by atoms with Crippen LogP contribution in [-0.2, 0) is 14.1 Å². The average Bonchev–Trinajstić information content (AvgIpc) is 2.96. The Bertz CT molecular complexity index is 709. The van der Waals surface area contributed by atoms with Crippen molar-refractivity contribution >= 4 is 5.82 Å². The van der Waals surface area contributed by atoms with Gasteiger partial charge in [0.05, 0.1) is 5.56 Å². The third kappa shape index (κ3) is 1.89. The summed E-state index contributed by atoms with van der Waals surface area (Å²) in [6.45, 7) is 0. The molecule has 5 nitrogen and oxygen atoms in total. The number of rotatable bonds is 2. The van der Waals surface area contributed by atoms with Crippen molar-refractivity contribution in [2.75, 3.05) is 5.73 Å². The number of aromatic nitrogens is 4. The van der Waals surface area contributed by atoms with Gasteiger partial charge < -0.3 is 5.73 Å². The fourth-order valence-corrected chi connectivity index (χ4v) is 2.15. The van der Waals surface area contributed by atoms with Crippen molar-refractivity contribution in [3.63, 3.8) is 0 Å². The highest BCUT2D eigenvalue weighted by molar-refractivity contribution is 5.86. The van der Waals surface area contributed by atoms with Crippen LogP contribution in [0.5, 0.6) is 0 Å². The highest BCUT2D eigenvalue weighted by atomic mass is 15.3. The molecule has 0 saturated carbocycles. The molecule has 0 spiro atoms. The van der Waals surface area contributed by atoms with Crippen LogP contribution in [-0.4, -0.2) is 19.6 Å². The molecule has 0 aliphatic heterocycles. The van der Waals surface area contributed by atoms with Gasteiger partial charge in [0, 0.05) is 20.3 Å². The van der Waals surface area contributed by atoms with Crippen LogP contribution in [0, 0.1) is 0 Å². The van der Waals surface area contributed by atoms with E-state index < -0.39 is 0 Å². The van der Waals surface area contributed by atoms with Crippen LogP contribution < -0.4 is 5.73 Å². The highest BCUT2D eigenvalue weighted by Crippen LogP contribution is 2.34. The highest BCUT2D eigenvalue weighted by Gasteiger charge is 2.18. The van der Waals surface area contributed by atoms with Gasteiger partial charge in [-0.3, -0.25) is 9.36 Å². The molecule has 0 unspecified atom stereocenters. The van der Waals surface area contributed by atoms with Gasteiger partial charge in [-0.15, -0.1) is 0 Å². The summed E-state index contributed by atoms with van der Waals surface area (Å²) in [5, 5.41) is 8.89. The van der Waals surface area contributed by atoms with Crippen molar-refractivity contribution in [2.45, 2.75) is 0 Å². The molecule has 0 aliphatic rings. The van der Waals surface area contributed by atoms with Crippen LogP contribution in [0.3, 0.4) is 0 Å². The molecule has 0 amide bonds. The van der Waals surface area contributed by atoms with E-state index in [0.717, 1.165) is 22.5 Å². The van der Waals surface area contributed by atoms with E-state index in [4.69, 9.17) is 5.73 Å². The maximum absolute atomic E-state index is 6.15. The summed E-state index contributed by atoms with van der Waals surface area (Å²) in [4.78, 5) is 0. The zero-order chi connectivity index (χ0) is 13.4. The second-order valence-electron chi connectivity index (χ2n) is 4.47. The maximum Gasteiger partial charge on any atom is 0.129 e. The van der Waals surface area contributed by atoms with Crippen molar-refractivity contribution in [3.8, 4) is 22.5 Å². The van der Waals surface area contributed by atoms with E-state index in [-0.39, 0.29) is 0 Å². The van der Waals surface area contributed by atoms with E-state index in [1.54, 1.807) is 9.36 Å². The van der Waals surface area contributed by atoms with Crippen molar-refractivity contribution in [2.24, 2.45) is 14.1 Å². The van der Waals surface area contributed by atoms with Crippen molar-refractivity contribution in [1.82, 2.24) is 19.6 Å². The quantitative estimate of drug-likeness (QED) is 0.760. The second kappa shape index (κ2) is 4.28. The number of aryl methyl sites for hydroxylation is 2. The first kappa shape index (κ1) is 11.5. The zero-order valence-corrected chi connectivity index (χ0v) is 10.9. The van der Waals surface area contributed by atoms with Crippen LogP contribution in [0.4, 0.5) is 5.82 Å². The van der Waals surface area contributed by atoms with Crippen molar-refractivity contribution < 1.29 is 0 Å². The SMILES string of the molecule is Cn1ccc(-c2nn(C)c(N)c2-c2ccccc2)n1. The summed E-state index contributed by atoms with van der Waals surface area (Å²) in [5.74, 6) is 0.645. The van der Waals surface area contributed by atoms with Gasteiger partial charge >= 0.3 is 0 Å². The predicted molar refractivity (Wildman–Crippen MR) is 75.3 cm³/mol. The molecular weight excluding hydrogens is 238 g/mol. The molecule has 0 atom stereocenters. The fourth-order valence-electron chi connectivity index (χ4n) is 2.15. The third-order valence-corrected chi connectivity index (χ3v) is 3.11. The van der Waals surface area contributed by atoms with E-state index in [1.807, 2.05) is 56.7 Å². The lowest BCUT2D eigenvalue weighted by molar-refractivity contribution is 0.760. The molecular formula is C14H15N5. The lowest BCUT2D eigenvalue weighted by atomic mass is 10.0. The molecule has 96 valence electrons. The number of anilines is 1. The monoisotopic (exact) mass is 253 g/mol. The standard InChI is InChI=1S/C14H15N5/c1-18-9-8-11(16-18)13-12(14(15)19(2)17-13)10-6-4-3-5-7-10/h3-9H,15H2,1-2H3. The molecule has 5 heteroatoms. The number of hydrogen-bond donors (Lipinski definition) is 1. The molecule has 0 bridgehead atoms. The summed E-state index contributed by atoms with van der Waals surface area (Å²) >= 11 is 0. The fraction of sp³-hybridized carbons (Fsp3) is 0.143. The van der Waals surface area contributed by atoms with E-state index in [0.29, 0.717) is 5.82 Å². The molecule has 2 N–H and O–H groups in total. The normalized spacial score (nSPS) is 10.8. The molecule has 0 saturated heterocycles. The summed E-state index contributed by atoms with van der Waals surface area (Å²) in [6, 6.07) is 12.0. The zero-order valence-electron chi connectivity index (χ0n) is 10.9. The van der Waals surface area contributed by atoms with Gasteiger partial charge in [0.15, 0.2) is 0 Å². The molecule has 19 heavy (non-hydrogen) atoms. The lowest BCUT2D eigenvalue weighted by Crippen LogP contribution is -1.97. The average molecular weight is 253 g/mol. The maximum atomic E-state index is 6.15. The molecule has 2 heterocycles. The molecule has 1 aromatic carbocycles. The summed E-state index contributed by atoms with van der Waals surface area (Å²) in [5.41, 5.74) is 9.77. The third-order valence-electron chi connectivity index (χ3n) is 3.11. The van der Waals surface area contributed by atoms with Crippen LogP contribution >= 0.6 is 0 Å². The number of nitrogen functional groups attached to an aromatic ring is 1. The Morgan fingerprint density at radius 2 is 1.74 bits per heavy atom. The topological polar surface area (TPSA) is 61.7 Å². The van der Waals surface area contributed by atoms with Gasteiger partial charge in [0.2, 0.25) is 0 Å². The smallest absolute Gasteiger partial charge is 0.129 e. The van der Waals surface area contributed by atoms with Gasteiger partial charge in [-0.1, -0.05) is 30.3 Å². The molecule has 3 aromatic rings. The van der Waals surface area contributed by atoms with Gasteiger partial charge in [-0.25, -0.2) is 0 Å². The Kier molecular flexibility index (Phi) is 2.59. The summed E-state index contributed by atoms with van der Waals surface area (Å²) in [7, 11) is 3.73. The van der Waals surface area contributed by atoms with Crippen LogP contribution in [0.2, 0.25) is 0 Å². The predicted octanol–water partition coefficient (Wildman–Crippen LogP) is 2.07. The number of nitrogens with two attached hydrogens (primary N) is 1. The van der Waals surface area contributed by atoms with Crippen molar-refractivity contribution in [1.29, 1.82) is 0 Å². The molecule has 0 fully saturated rings. The van der Waals surface area contributed by atoms with Gasteiger partial charge in [-0.05, 0) is 11.6 Å². The Morgan fingerprint density at radius 1 is 1.00 bits per heavy atom. The van der Waals surface area contributed by atoms with Crippen LogP contribution in [0.15, 0.2) is 42.6 Å². The van der Waals surface area contributed by atoms with E-state index in [9.17, 15) is 0 Å². The van der Waals surface area contributed by atoms with Crippen LogP contribution in [0.25, 0.3) is 22.5 Å². The number of nitrogens with zero attached hydrogens (tertiary/aromatic N) is 4. The largest absolute Gasteiger partial charge is 0.383 e. The Morgan fingerprint density at radius 3 is 2.37 bits per heavy atom. The first-order valence-electron chi connectivity index (χ1n) is 6.04. The van der Waals surface area contributed by atoms with E-state index in [2.05, 4.69) is 10.2 Å². The lowest BCUT2D eigenvalue weighted by Gasteiger charge is -2.02. The summed E-state index contributed by atoms with van der Waals surface area (Å²) in [6.07, 6.45) is 1.90. The molecule has 2 aromatic heterocycles. The molecule has 3 rings (SSSR count). The molecule has 0 radical (unpaired) electrons. The molecule has 0 aliphatic carbocycles. The van der Waals surface area contributed by atoms with E-state index in [1.165, 1.54) is 0 Å². The second-order valence-corrected chi connectivity index (χ2v) is 4.47. The first-order valence-corrected chi connectivity index (χ1v) is 6.04. The minimum atomic E-state index is 0.645. The van der Waals surface area contributed by atoms with Crippen molar-refractivity contribution in [3.05, 3.63) is 42.6 Å². The number of benzene rings is 1. The van der Waals surface area contributed by atoms with Gasteiger partial charge in [0.1, 0.15) is 17.2 Å². The minimum absolute atomic E-state index is 0.645. The Labute approximate surface area is 111 Å². The minimum Gasteiger partial charge on any atom is -0.383 e. The number of hydrogen-bond acceptors (Lipinski definition) is 3. The summed E-state index contributed by atoms with van der Waals surface area (Å²) < 4.78 is 3.45. The Balaban J connectivity index is 2.24. The van der Waals surface area contributed by atoms with E-state index >= 15 is 0 Å². The first-order chi connectivity index (χ1) is 9.16.